The van der Waals surface area contributed by atoms with Crippen LogP contribution in [0.5, 0.6) is 17.2 Å². The van der Waals surface area contributed by atoms with Crippen LogP contribution in [-0.2, 0) is 11.3 Å². The number of nitrogens with one attached hydrogen (secondary N) is 2. The maximum Gasteiger partial charge on any atom is 0.242 e. The molecule has 4 unspecified atom stereocenters. The van der Waals surface area contributed by atoms with Crippen molar-refractivity contribution in [2.75, 3.05) is 13.7 Å². The van der Waals surface area contributed by atoms with Crippen LogP contribution in [0.4, 0.5) is 0 Å². The minimum atomic E-state index is -0.442. The quantitative estimate of drug-likeness (QED) is 0.393. The number of nitrogens with zero attached hydrogens (tertiary/aromatic N) is 2. The number of hydrogen-bond donors (Lipinski definition) is 3. The van der Waals surface area contributed by atoms with Gasteiger partial charge in [0.2, 0.25) is 5.91 Å². The van der Waals surface area contributed by atoms with Crippen molar-refractivity contribution in [3.05, 3.63) is 83.7 Å². The third-order valence-electron chi connectivity index (χ3n) is 7.05. The van der Waals surface area contributed by atoms with Crippen molar-refractivity contribution >= 4 is 5.91 Å². The predicted octanol–water partition coefficient (Wildman–Crippen LogP) is 3.89. The second-order valence-electron chi connectivity index (χ2n) is 9.26. The van der Waals surface area contributed by atoms with Crippen molar-refractivity contribution in [3.63, 3.8) is 0 Å². The van der Waals surface area contributed by atoms with Gasteiger partial charge in [0.05, 0.1) is 25.8 Å². The number of phenolic OH excluding ortho intramolecular Hbond substituents is 1. The molecule has 36 heavy (non-hydrogen) atoms. The average Bonchev–Trinajstić information content (AvgIpc) is 3.44. The SMILES string of the molecule is CCCCOc1ccc(C2C3C(NNC3c3ccccc3O)C(=O)N2Cc2cccnc2)cc1OC. The Morgan fingerprint density at radius 2 is 1.89 bits per heavy atom. The molecule has 2 aliphatic heterocycles. The second kappa shape index (κ2) is 10.6. The zero-order valence-corrected chi connectivity index (χ0v) is 20.6. The number of phenols is 1. The summed E-state index contributed by atoms with van der Waals surface area (Å²) in [5.74, 6) is 1.36. The van der Waals surface area contributed by atoms with Crippen LogP contribution in [0.2, 0.25) is 0 Å². The van der Waals surface area contributed by atoms with Gasteiger partial charge in [-0.2, -0.15) is 0 Å². The third-order valence-corrected chi connectivity index (χ3v) is 7.05. The van der Waals surface area contributed by atoms with Crippen LogP contribution in [0.1, 0.15) is 48.5 Å². The van der Waals surface area contributed by atoms with E-state index >= 15 is 0 Å². The van der Waals surface area contributed by atoms with Crippen molar-refractivity contribution in [3.8, 4) is 17.2 Å². The van der Waals surface area contributed by atoms with Crippen LogP contribution in [0, 0.1) is 5.92 Å². The summed E-state index contributed by atoms with van der Waals surface area (Å²) in [7, 11) is 1.63. The minimum Gasteiger partial charge on any atom is -0.508 e. The summed E-state index contributed by atoms with van der Waals surface area (Å²) in [6, 6.07) is 16.1. The highest BCUT2D eigenvalue weighted by atomic mass is 16.5. The average molecular weight is 489 g/mol. The highest BCUT2D eigenvalue weighted by molar-refractivity contribution is 5.86. The van der Waals surface area contributed by atoms with Crippen LogP contribution in [0.25, 0.3) is 0 Å². The van der Waals surface area contributed by atoms with E-state index in [1.54, 1.807) is 31.6 Å². The number of para-hydroxylation sites is 1. The monoisotopic (exact) mass is 488 g/mol. The van der Waals surface area contributed by atoms with Gasteiger partial charge in [-0.3, -0.25) is 9.78 Å². The highest BCUT2D eigenvalue weighted by Gasteiger charge is 2.55. The fourth-order valence-electron chi connectivity index (χ4n) is 5.30. The Morgan fingerprint density at radius 1 is 1.06 bits per heavy atom. The zero-order chi connectivity index (χ0) is 25.1. The Labute approximate surface area is 211 Å². The van der Waals surface area contributed by atoms with Gasteiger partial charge in [0.15, 0.2) is 11.5 Å². The molecule has 0 saturated carbocycles. The van der Waals surface area contributed by atoms with E-state index in [0.717, 1.165) is 29.5 Å². The number of aromatic hydroxyl groups is 1. The maximum absolute atomic E-state index is 13.7. The molecule has 0 radical (unpaired) electrons. The molecule has 2 saturated heterocycles. The van der Waals surface area contributed by atoms with Crippen LogP contribution < -0.4 is 20.3 Å². The Morgan fingerprint density at radius 3 is 2.64 bits per heavy atom. The van der Waals surface area contributed by atoms with Gasteiger partial charge in [-0.15, -0.1) is 0 Å². The summed E-state index contributed by atoms with van der Waals surface area (Å²) in [5, 5.41) is 10.6. The van der Waals surface area contributed by atoms with Gasteiger partial charge >= 0.3 is 0 Å². The van der Waals surface area contributed by atoms with Crippen molar-refractivity contribution in [1.29, 1.82) is 0 Å². The van der Waals surface area contributed by atoms with Crippen LogP contribution >= 0.6 is 0 Å². The Bertz CT molecular complexity index is 1210. The molecule has 3 aromatic rings. The summed E-state index contributed by atoms with van der Waals surface area (Å²) in [6.45, 7) is 3.17. The summed E-state index contributed by atoms with van der Waals surface area (Å²) >= 11 is 0. The van der Waals surface area contributed by atoms with Crippen molar-refractivity contribution < 1.29 is 19.4 Å². The molecule has 3 N–H and O–H groups in total. The maximum atomic E-state index is 13.7. The first-order valence-electron chi connectivity index (χ1n) is 12.4. The molecule has 0 bridgehead atoms. The molecular formula is C28H32N4O4. The number of fused-ring (bicyclic) bond motifs is 1. The number of unbranched alkanes of at least 4 members (excludes halogenated alkanes) is 1. The standard InChI is InChI=1S/C28H32N4O4/c1-3-4-14-36-22-12-11-19(15-23(22)35-2)27-24-25(20-9-5-6-10-21(20)33)30-31-26(24)28(34)32(27)17-18-8-7-13-29-16-18/h5-13,15-16,24-27,30-31,33H,3-4,14,17H2,1-2H3. The first-order chi connectivity index (χ1) is 17.6. The van der Waals surface area contributed by atoms with E-state index in [9.17, 15) is 9.90 Å². The van der Waals surface area contributed by atoms with E-state index in [4.69, 9.17) is 9.47 Å². The summed E-state index contributed by atoms with van der Waals surface area (Å²) < 4.78 is 11.6. The summed E-state index contributed by atoms with van der Waals surface area (Å²) in [6.07, 6.45) is 5.52. The molecule has 3 heterocycles. The van der Waals surface area contributed by atoms with Crippen molar-refractivity contribution in [2.45, 2.75) is 44.4 Å². The molecule has 8 nitrogen and oxygen atoms in total. The number of aromatic nitrogens is 1. The van der Waals surface area contributed by atoms with E-state index < -0.39 is 6.04 Å². The number of pyridine rings is 1. The molecule has 0 aliphatic carbocycles. The molecule has 1 aromatic heterocycles. The summed E-state index contributed by atoms with van der Waals surface area (Å²) in [4.78, 5) is 19.9. The lowest BCUT2D eigenvalue weighted by atomic mass is 9.83. The molecular weight excluding hydrogens is 456 g/mol. The van der Waals surface area contributed by atoms with E-state index in [1.807, 2.05) is 47.4 Å². The van der Waals surface area contributed by atoms with Crippen LogP contribution in [0.3, 0.4) is 0 Å². The first-order valence-corrected chi connectivity index (χ1v) is 12.4. The lowest BCUT2D eigenvalue weighted by Crippen LogP contribution is -2.41. The number of methoxy groups -OCH3 is 1. The van der Waals surface area contributed by atoms with Gasteiger partial charge in [0.1, 0.15) is 11.8 Å². The molecule has 8 heteroatoms. The number of benzene rings is 2. The molecule has 0 spiro atoms. The van der Waals surface area contributed by atoms with Gasteiger partial charge in [-0.1, -0.05) is 43.7 Å². The molecule has 188 valence electrons. The van der Waals surface area contributed by atoms with E-state index in [-0.39, 0.29) is 29.7 Å². The Balaban J connectivity index is 1.55. The van der Waals surface area contributed by atoms with Gasteiger partial charge in [0.25, 0.3) is 0 Å². The number of ether oxygens (including phenoxy) is 2. The summed E-state index contributed by atoms with van der Waals surface area (Å²) in [5.41, 5.74) is 9.15. The fourth-order valence-corrected chi connectivity index (χ4v) is 5.30. The van der Waals surface area contributed by atoms with E-state index in [0.29, 0.717) is 24.7 Å². The first kappa shape index (κ1) is 24.1. The third kappa shape index (κ3) is 4.50. The highest BCUT2D eigenvalue weighted by Crippen LogP contribution is 2.50. The molecule has 1 amide bonds. The van der Waals surface area contributed by atoms with Gasteiger partial charge in [-0.25, -0.2) is 10.9 Å². The van der Waals surface area contributed by atoms with Crippen LogP contribution in [0.15, 0.2) is 67.0 Å². The lowest BCUT2D eigenvalue weighted by Gasteiger charge is -2.32. The van der Waals surface area contributed by atoms with Crippen molar-refractivity contribution in [2.24, 2.45) is 5.92 Å². The number of carbonyl (C=O) groups excluding carboxylic acids is 1. The van der Waals surface area contributed by atoms with E-state index in [1.165, 1.54) is 0 Å². The smallest absolute Gasteiger partial charge is 0.242 e. The topological polar surface area (TPSA) is 96.0 Å². The molecule has 2 aromatic carbocycles. The zero-order valence-electron chi connectivity index (χ0n) is 20.6. The Hall–Kier alpha value is -3.62. The molecule has 2 fully saturated rings. The van der Waals surface area contributed by atoms with Gasteiger partial charge in [-0.05, 0) is 41.8 Å². The number of likely N-dealkylation sites (tertiary alicyclic amines) is 1. The second-order valence-corrected chi connectivity index (χ2v) is 9.26. The number of rotatable bonds is 9. The van der Waals surface area contributed by atoms with Gasteiger partial charge in [0, 0.05) is 30.4 Å². The number of hydrazine groups is 1. The fraction of sp³-hybridized carbons (Fsp3) is 0.357. The number of amides is 1. The number of carbonyl (C=O) groups is 1. The lowest BCUT2D eigenvalue weighted by molar-refractivity contribution is -0.131. The predicted molar refractivity (Wildman–Crippen MR) is 135 cm³/mol. The van der Waals surface area contributed by atoms with E-state index in [2.05, 4.69) is 22.8 Å². The molecule has 5 rings (SSSR count). The van der Waals surface area contributed by atoms with Crippen LogP contribution in [-0.4, -0.2) is 40.7 Å². The molecule has 4 atom stereocenters. The minimum absolute atomic E-state index is 0.00140. The largest absolute Gasteiger partial charge is 0.508 e. The molecule has 2 aliphatic rings. The van der Waals surface area contributed by atoms with Crippen molar-refractivity contribution in [1.82, 2.24) is 20.7 Å². The van der Waals surface area contributed by atoms with Gasteiger partial charge < -0.3 is 19.5 Å². The normalized spacial score (nSPS) is 23.1. The Kier molecular flexibility index (Phi) is 7.06. The number of hydrogen-bond acceptors (Lipinski definition) is 7.